The third-order valence-corrected chi connectivity index (χ3v) is 3.07. The fraction of sp³-hybridized carbons (Fsp3) is 0.100. The van der Waals surface area contributed by atoms with Crippen LogP contribution in [0.2, 0.25) is 0 Å². The van der Waals surface area contributed by atoms with E-state index in [4.69, 9.17) is 11.0 Å². The molecular formula is C10H8N2OS. The zero-order valence-electron chi connectivity index (χ0n) is 7.32. The van der Waals surface area contributed by atoms with E-state index < -0.39 is 0 Å². The van der Waals surface area contributed by atoms with Crippen LogP contribution >= 0.6 is 11.3 Å². The van der Waals surface area contributed by atoms with Crippen molar-refractivity contribution < 1.29 is 5.11 Å². The molecule has 2 rings (SSSR count). The van der Waals surface area contributed by atoms with Crippen molar-refractivity contribution in [2.24, 2.45) is 0 Å². The number of thiophene rings is 1. The molecule has 0 aliphatic carbocycles. The normalized spacial score (nSPS) is 10.2. The van der Waals surface area contributed by atoms with Gasteiger partial charge in [-0.1, -0.05) is 0 Å². The molecule has 14 heavy (non-hydrogen) atoms. The lowest BCUT2D eigenvalue weighted by Crippen LogP contribution is -1.88. The summed E-state index contributed by atoms with van der Waals surface area (Å²) in [6, 6.07) is 5.44. The minimum absolute atomic E-state index is 0.143. The molecule has 0 saturated carbocycles. The van der Waals surface area contributed by atoms with Crippen LogP contribution in [0.4, 0.5) is 5.69 Å². The van der Waals surface area contributed by atoms with Crippen molar-refractivity contribution in [3.63, 3.8) is 0 Å². The van der Waals surface area contributed by atoms with Crippen LogP contribution in [-0.4, -0.2) is 5.11 Å². The Morgan fingerprint density at radius 2 is 2.29 bits per heavy atom. The van der Waals surface area contributed by atoms with Crippen molar-refractivity contribution in [2.75, 3.05) is 5.73 Å². The van der Waals surface area contributed by atoms with Gasteiger partial charge in [0.1, 0.15) is 5.75 Å². The van der Waals surface area contributed by atoms with Crippen molar-refractivity contribution in [1.29, 1.82) is 5.26 Å². The molecule has 4 heteroatoms. The Bertz CT molecular complexity index is 525. The zero-order chi connectivity index (χ0) is 10.1. The number of fused-ring (bicyclic) bond motifs is 1. The van der Waals surface area contributed by atoms with Gasteiger partial charge in [-0.05, 0) is 12.1 Å². The summed E-state index contributed by atoms with van der Waals surface area (Å²) < 4.78 is 1.01. The number of anilines is 1. The first-order chi connectivity index (χ1) is 6.74. The molecule has 3 nitrogen and oxygen atoms in total. The van der Waals surface area contributed by atoms with Gasteiger partial charge in [0.05, 0.1) is 18.2 Å². The number of hydrogen-bond acceptors (Lipinski definition) is 4. The molecule has 2 aromatic rings. The Labute approximate surface area is 85.0 Å². The molecule has 0 aliphatic heterocycles. The summed E-state index contributed by atoms with van der Waals surface area (Å²) in [4.78, 5) is 0. The highest BCUT2D eigenvalue weighted by molar-refractivity contribution is 7.17. The molecule has 0 radical (unpaired) electrons. The lowest BCUT2D eigenvalue weighted by atomic mass is 10.1. The second kappa shape index (κ2) is 3.20. The van der Waals surface area contributed by atoms with Crippen LogP contribution in [-0.2, 0) is 6.42 Å². The van der Waals surface area contributed by atoms with E-state index in [0.29, 0.717) is 11.3 Å². The Balaban J connectivity index is 2.81. The number of rotatable bonds is 1. The first-order valence-corrected chi connectivity index (χ1v) is 4.96. The highest BCUT2D eigenvalue weighted by Gasteiger charge is 2.10. The average molecular weight is 204 g/mol. The maximum atomic E-state index is 9.58. The molecule has 0 amide bonds. The van der Waals surface area contributed by atoms with E-state index in [2.05, 4.69) is 0 Å². The van der Waals surface area contributed by atoms with Crippen LogP contribution in [0.3, 0.4) is 0 Å². The van der Waals surface area contributed by atoms with Crippen molar-refractivity contribution >= 4 is 27.1 Å². The fourth-order valence-corrected chi connectivity index (χ4v) is 2.35. The maximum Gasteiger partial charge on any atom is 0.120 e. The molecule has 0 saturated heterocycles. The number of nitrogens with two attached hydrogens (primary N) is 1. The predicted molar refractivity (Wildman–Crippen MR) is 57.2 cm³/mol. The average Bonchev–Trinajstić information content (AvgIpc) is 2.53. The second-order valence-corrected chi connectivity index (χ2v) is 3.87. The third-order valence-electron chi connectivity index (χ3n) is 2.11. The van der Waals surface area contributed by atoms with E-state index in [1.54, 1.807) is 6.07 Å². The van der Waals surface area contributed by atoms with Crippen LogP contribution < -0.4 is 5.73 Å². The zero-order valence-corrected chi connectivity index (χ0v) is 8.14. The van der Waals surface area contributed by atoms with Gasteiger partial charge in [0, 0.05) is 21.0 Å². The van der Waals surface area contributed by atoms with Gasteiger partial charge >= 0.3 is 0 Å². The van der Waals surface area contributed by atoms with Gasteiger partial charge < -0.3 is 10.8 Å². The molecule has 70 valence electrons. The van der Waals surface area contributed by atoms with Gasteiger partial charge in [0.15, 0.2) is 0 Å². The number of phenols is 1. The van der Waals surface area contributed by atoms with E-state index >= 15 is 0 Å². The minimum atomic E-state index is 0.143. The smallest absolute Gasteiger partial charge is 0.120 e. The van der Waals surface area contributed by atoms with Crippen LogP contribution in [0, 0.1) is 11.3 Å². The first-order valence-electron chi connectivity index (χ1n) is 4.08. The summed E-state index contributed by atoms with van der Waals surface area (Å²) in [7, 11) is 0. The van der Waals surface area contributed by atoms with Gasteiger partial charge in [0.25, 0.3) is 0 Å². The van der Waals surface area contributed by atoms with E-state index in [1.165, 1.54) is 11.3 Å². The Morgan fingerprint density at radius 3 is 3.00 bits per heavy atom. The van der Waals surface area contributed by atoms with Crippen molar-refractivity contribution in [3.8, 4) is 11.8 Å². The van der Waals surface area contributed by atoms with Crippen LogP contribution in [0.1, 0.15) is 5.56 Å². The van der Waals surface area contributed by atoms with E-state index in [9.17, 15) is 5.11 Å². The third kappa shape index (κ3) is 1.19. The summed E-state index contributed by atoms with van der Waals surface area (Å²) in [5, 5.41) is 20.9. The number of phenolic OH excluding ortho intramolecular Hbond substituents is 1. The van der Waals surface area contributed by atoms with E-state index in [1.807, 2.05) is 17.5 Å². The SMILES string of the molecule is N#CCc1c(O)ccc2scc(N)c12. The summed E-state index contributed by atoms with van der Waals surface area (Å²) in [6.07, 6.45) is 0.185. The van der Waals surface area contributed by atoms with Gasteiger partial charge in [-0.25, -0.2) is 0 Å². The second-order valence-electron chi connectivity index (χ2n) is 2.96. The Morgan fingerprint density at radius 1 is 1.50 bits per heavy atom. The number of benzene rings is 1. The molecule has 1 aromatic heterocycles. The topological polar surface area (TPSA) is 70.0 Å². The molecule has 1 heterocycles. The first kappa shape index (κ1) is 8.85. The molecule has 0 spiro atoms. The maximum absolute atomic E-state index is 9.58. The fourth-order valence-electron chi connectivity index (χ4n) is 1.47. The quantitative estimate of drug-likeness (QED) is 0.748. The Hall–Kier alpha value is -1.73. The molecular weight excluding hydrogens is 196 g/mol. The van der Waals surface area contributed by atoms with Crippen LogP contribution in [0.15, 0.2) is 17.5 Å². The Kier molecular flexibility index (Phi) is 2.02. The van der Waals surface area contributed by atoms with Gasteiger partial charge in [-0.3, -0.25) is 0 Å². The summed E-state index contributed by atoms with van der Waals surface area (Å²) in [5.74, 6) is 0.143. The van der Waals surface area contributed by atoms with E-state index in [0.717, 1.165) is 10.1 Å². The number of nitriles is 1. The summed E-state index contributed by atoms with van der Waals surface area (Å²) >= 11 is 1.52. The van der Waals surface area contributed by atoms with Crippen molar-refractivity contribution in [2.45, 2.75) is 6.42 Å². The van der Waals surface area contributed by atoms with Gasteiger partial charge in [-0.15, -0.1) is 11.3 Å². The van der Waals surface area contributed by atoms with Gasteiger partial charge in [-0.2, -0.15) is 5.26 Å². The van der Waals surface area contributed by atoms with Gasteiger partial charge in [0.2, 0.25) is 0 Å². The summed E-state index contributed by atoms with van der Waals surface area (Å²) in [6.45, 7) is 0. The van der Waals surface area contributed by atoms with Crippen molar-refractivity contribution in [3.05, 3.63) is 23.1 Å². The van der Waals surface area contributed by atoms with Crippen LogP contribution in [0.5, 0.6) is 5.75 Å². The number of nitrogen functional groups attached to an aromatic ring is 1. The lowest BCUT2D eigenvalue weighted by Gasteiger charge is -2.02. The van der Waals surface area contributed by atoms with Crippen molar-refractivity contribution in [1.82, 2.24) is 0 Å². The van der Waals surface area contributed by atoms with E-state index in [-0.39, 0.29) is 12.2 Å². The highest BCUT2D eigenvalue weighted by Crippen LogP contribution is 2.35. The largest absolute Gasteiger partial charge is 0.508 e. The molecule has 0 bridgehead atoms. The molecule has 0 aliphatic rings. The molecule has 3 N–H and O–H groups in total. The molecule has 0 atom stereocenters. The standard InChI is InChI=1S/C10H8N2OS/c11-4-3-6-8(13)1-2-9-10(6)7(12)5-14-9/h1-2,5,13H,3,12H2. The number of hydrogen-bond donors (Lipinski definition) is 2. The van der Waals surface area contributed by atoms with Crippen LogP contribution in [0.25, 0.3) is 10.1 Å². The predicted octanol–water partition coefficient (Wildman–Crippen LogP) is 2.26. The number of nitrogens with zero attached hydrogens (tertiary/aromatic N) is 1. The lowest BCUT2D eigenvalue weighted by molar-refractivity contribution is 0.471. The monoisotopic (exact) mass is 204 g/mol. The summed E-state index contributed by atoms with van der Waals surface area (Å²) in [5.41, 5.74) is 7.03. The molecule has 0 fully saturated rings. The molecule has 0 unspecified atom stereocenters. The molecule has 1 aromatic carbocycles. The number of aromatic hydroxyl groups is 1. The highest BCUT2D eigenvalue weighted by atomic mass is 32.1. The minimum Gasteiger partial charge on any atom is -0.508 e.